The Balaban J connectivity index is 1.64. The van der Waals surface area contributed by atoms with Crippen LogP contribution in [0.2, 0.25) is 10.0 Å². The first-order valence-electron chi connectivity index (χ1n) is 8.74. The van der Waals surface area contributed by atoms with Crippen molar-refractivity contribution >= 4 is 29.2 Å². The van der Waals surface area contributed by atoms with Crippen LogP contribution < -0.4 is 4.74 Å². The lowest BCUT2D eigenvalue weighted by Gasteiger charge is -2.33. The maximum atomic E-state index is 10.8. The predicted octanol–water partition coefficient (Wildman–Crippen LogP) is 4.42. The number of carbonyl (C=O) groups is 1. The van der Waals surface area contributed by atoms with Gasteiger partial charge in [0.15, 0.2) is 0 Å². The van der Waals surface area contributed by atoms with E-state index in [4.69, 9.17) is 37.8 Å². The minimum atomic E-state index is -0.785. The smallest absolute Gasteiger partial charge is 0.304 e. The second-order valence-electron chi connectivity index (χ2n) is 6.37. The molecule has 1 aliphatic rings. The van der Waals surface area contributed by atoms with Crippen LogP contribution in [0, 0.1) is 0 Å². The summed E-state index contributed by atoms with van der Waals surface area (Å²) >= 11 is 12.4. The maximum Gasteiger partial charge on any atom is 0.304 e. The second-order valence-corrected chi connectivity index (χ2v) is 7.18. The van der Waals surface area contributed by atoms with E-state index in [-0.39, 0.29) is 19.1 Å². The van der Waals surface area contributed by atoms with E-state index in [9.17, 15) is 4.79 Å². The van der Waals surface area contributed by atoms with Gasteiger partial charge in [0.2, 0.25) is 0 Å². The molecule has 144 valence electrons. The fraction of sp³-hybridized carbons (Fsp3) is 0.350. The lowest BCUT2D eigenvalue weighted by molar-refractivity contribution is -0.137. The van der Waals surface area contributed by atoms with Gasteiger partial charge in [-0.2, -0.15) is 0 Å². The predicted molar refractivity (Wildman–Crippen MR) is 105 cm³/mol. The average Bonchev–Trinajstić information content (AvgIpc) is 2.66. The first kappa shape index (κ1) is 20.0. The van der Waals surface area contributed by atoms with Crippen molar-refractivity contribution < 1.29 is 19.4 Å². The van der Waals surface area contributed by atoms with Crippen molar-refractivity contribution in [2.24, 2.45) is 0 Å². The highest BCUT2D eigenvalue weighted by atomic mass is 35.5. The largest absolute Gasteiger partial charge is 0.489 e. The lowest BCUT2D eigenvalue weighted by Crippen LogP contribution is -2.39. The zero-order valence-electron chi connectivity index (χ0n) is 14.7. The van der Waals surface area contributed by atoms with Gasteiger partial charge in [-0.15, -0.1) is 0 Å². The molecule has 7 heteroatoms. The molecule has 1 aliphatic heterocycles. The highest BCUT2D eigenvalue weighted by molar-refractivity contribution is 6.35. The molecule has 0 radical (unpaired) electrons. The molecule has 5 nitrogen and oxygen atoms in total. The molecule has 0 unspecified atom stereocenters. The monoisotopic (exact) mass is 409 g/mol. The molecule has 0 spiro atoms. The number of nitrogens with zero attached hydrogens (tertiary/aromatic N) is 1. The fourth-order valence-electron chi connectivity index (χ4n) is 2.99. The lowest BCUT2D eigenvalue weighted by atomic mass is 10.1. The molecule has 0 amide bonds. The Bertz CT molecular complexity index is 779. The zero-order valence-corrected chi connectivity index (χ0v) is 16.2. The van der Waals surface area contributed by atoms with E-state index in [1.807, 2.05) is 24.3 Å². The zero-order chi connectivity index (χ0) is 19.2. The van der Waals surface area contributed by atoms with Gasteiger partial charge in [-0.1, -0.05) is 41.4 Å². The van der Waals surface area contributed by atoms with Crippen LogP contribution in [0.4, 0.5) is 0 Å². The van der Waals surface area contributed by atoms with Crippen molar-refractivity contribution in [1.29, 1.82) is 0 Å². The summed E-state index contributed by atoms with van der Waals surface area (Å²) in [4.78, 5) is 12.9. The Labute approximate surface area is 168 Å². The van der Waals surface area contributed by atoms with Crippen molar-refractivity contribution in [3.63, 3.8) is 0 Å². The first-order chi connectivity index (χ1) is 13.0. The van der Waals surface area contributed by atoms with Gasteiger partial charge in [0.1, 0.15) is 12.4 Å². The van der Waals surface area contributed by atoms with E-state index in [1.54, 1.807) is 18.2 Å². The normalized spacial score (nSPS) is 17.6. The molecule has 1 saturated heterocycles. The molecule has 0 bridgehead atoms. The molecule has 2 aromatic carbocycles. The van der Waals surface area contributed by atoms with Crippen molar-refractivity contribution in [2.75, 3.05) is 26.2 Å². The van der Waals surface area contributed by atoms with Gasteiger partial charge in [-0.05, 0) is 29.8 Å². The van der Waals surface area contributed by atoms with Gasteiger partial charge < -0.3 is 14.6 Å². The Morgan fingerprint density at radius 2 is 1.96 bits per heavy atom. The molecule has 2 aromatic rings. The van der Waals surface area contributed by atoms with Crippen LogP contribution in [-0.2, 0) is 16.1 Å². The number of carboxylic acids is 1. The number of rotatable bonds is 7. The molecular weight excluding hydrogens is 389 g/mol. The molecule has 3 rings (SSSR count). The van der Waals surface area contributed by atoms with Crippen molar-refractivity contribution in [3.05, 3.63) is 63.6 Å². The number of ether oxygens (including phenoxy) is 2. The molecule has 1 heterocycles. The molecule has 0 saturated carbocycles. The van der Waals surface area contributed by atoms with Crippen LogP contribution in [0.3, 0.4) is 0 Å². The number of aliphatic carboxylic acids is 1. The highest BCUT2D eigenvalue weighted by Crippen LogP contribution is 2.28. The third kappa shape index (κ3) is 5.59. The standard InChI is InChI=1S/C20H21Cl2NO4/c21-17-5-2-6-18(22)16(17)13-27-15-4-1-3-14(11-15)19-12-23(9-10-26-19)8-7-20(24)25/h1-6,11,19H,7-10,12-13H2,(H,24,25)/t19-/m1/s1. The Morgan fingerprint density at radius 3 is 2.70 bits per heavy atom. The van der Waals surface area contributed by atoms with Gasteiger partial charge in [0.05, 0.1) is 19.1 Å². The Morgan fingerprint density at radius 1 is 1.22 bits per heavy atom. The molecule has 27 heavy (non-hydrogen) atoms. The number of halogens is 2. The summed E-state index contributed by atoms with van der Waals surface area (Å²) < 4.78 is 11.7. The van der Waals surface area contributed by atoms with Crippen LogP contribution in [0.15, 0.2) is 42.5 Å². The minimum Gasteiger partial charge on any atom is -0.489 e. The Kier molecular flexibility index (Phi) is 6.96. The van der Waals surface area contributed by atoms with Crippen LogP contribution in [-0.4, -0.2) is 42.2 Å². The summed E-state index contributed by atoms with van der Waals surface area (Å²) in [5, 5.41) is 10.0. The van der Waals surface area contributed by atoms with Crippen LogP contribution >= 0.6 is 23.2 Å². The third-order valence-electron chi connectivity index (χ3n) is 4.47. The number of hydrogen-bond donors (Lipinski definition) is 1. The minimum absolute atomic E-state index is 0.111. The van der Waals surface area contributed by atoms with Gasteiger partial charge in [-0.25, -0.2) is 0 Å². The molecule has 1 atom stereocenters. The summed E-state index contributed by atoms with van der Waals surface area (Å²) in [7, 11) is 0. The summed E-state index contributed by atoms with van der Waals surface area (Å²) in [5.41, 5.74) is 1.75. The fourth-order valence-corrected chi connectivity index (χ4v) is 3.50. The third-order valence-corrected chi connectivity index (χ3v) is 5.18. The van der Waals surface area contributed by atoms with E-state index in [0.717, 1.165) is 17.7 Å². The molecule has 0 aliphatic carbocycles. The van der Waals surface area contributed by atoms with E-state index in [2.05, 4.69) is 4.90 Å². The van der Waals surface area contributed by atoms with Crippen molar-refractivity contribution in [1.82, 2.24) is 4.90 Å². The van der Waals surface area contributed by atoms with Gasteiger partial charge >= 0.3 is 5.97 Å². The molecule has 1 fully saturated rings. The summed E-state index contributed by atoms with van der Waals surface area (Å²) in [6, 6.07) is 13.1. The summed E-state index contributed by atoms with van der Waals surface area (Å²) in [6.45, 7) is 2.78. The number of carboxylic acid groups (broad SMARTS) is 1. The summed E-state index contributed by atoms with van der Waals surface area (Å²) in [6.07, 6.45) is 0.0223. The van der Waals surface area contributed by atoms with E-state index >= 15 is 0 Å². The first-order valence-corrected chi connectivity index (χ1v) is 9.50. The molecule has 1 N–H and O–H groups in total. The van der Waals surface area contributed by atoms with Gasteiger partial charge in [0.25, 0.3) is 0 Å². The van der Waals surface area contributed by atoms with Crippen LogP contribution in [0.5, 0.6) is 5.75 Å². The van der Waals surface area contributed by atoms with Crippen LogP contribution in [0.25, 0.3) is 0 Å². The van der Waals surface area contributed by atoms with E-state index < -0.39 is 5.97 Å². The Hall–Kier alpha value is -1.79. The molecular formula is C20H21Cl2NO4. The molecule has 0 aromatic heterocycles. The van der Waals surface area contributed by atoms with Gasteiger partial charge in [0, 0.05) is 35.2 Å². The highest BCUT2D eigenvalue weighted by Gasteiger charge is 2.22. The average molecular weight is 410 g/mol. The quantitative estimate of drug-likeness (QED) is 0.733. The number of benzene rings is 2. The second kappa shape index (κ2) is 9.42. The maximum absolute atomic E-state index is 10.8. The number of morpholine rings is 1. The van der Waals surface area contributed by atoms with Gasteiger partial charge in [-0.3, -0.25) is 9.69 Å². The SMILES string of the molecule is O=C(O)CCN1CCO[C@@H](c2cccc(OCc3c(Cl)cccc3Cl)c2)C1. The van der Waals surface area contributed by atoms with E-state index in [0.29, 0.717) is 35.5 Å². The van der Waals surface area contributed by atoms with Crippen molar-refractivity contribution in [3.8, 4) is 5.75 Å². The summed E-state index contributed by atoms with van der Waals surface area (Å²) in [5.74, 6) is -0.0820. The van der Waals surface area contributed by atoms with Crippen LogP contribution in [0.1, 0.15) is 23.7 Å². The van der Waals surface area contributed by atoms with Crippen molar-refractivity contribution in [2.45, 2.75) is 19.1 Å². The number of hydrogen-bond acceptors (Lipinski definition) is 4. The van der Waals surface area contributed by atoms with E-state index in [1.165, 1.54) is 0 Å². The topological polar surface area (TPSA) is 59.0 Å².